The van der Waals surface area contributed by atoms with Gasteiger partial charge in [-0.1, -0.05) is 6.42 Å². The molecule has 2 saturated heterocycles. The van der Waals surface area contributed by atoms with E-state index in [0.29, 0.717) is 17.8 Å². The molecule has 0 aliphatic carbocycles. The number of likely N-dealkylation sites (tertiary alicyclic amines) is 2. The molecule has 0 bridgehead atoms. The molecule has 4 heterocycles. The first-order chi connectivity index (χ1) is 12.9. The number of hydrogen-bond donors (Lipinski definition) is 0. The molecule has 2 aromatic rings. The Labute approximate surface area is 160 Å². The summed E-state index contributed by atoms with van der Waals surface area (Å²) in [7, 11) is 3.78. The van der Waals surface area contributed by atoms with Crippen LogP contribution in [0.1, 0.15) is 48.1 Å². The third-order valence-electron chi connectivity index (χ3n) is 6.34. The van der Waals surface area contributed by atoms with Gasteiger partial charge in [0.05, 0.1) is 11.4 Å². The highest BCUT2D eigenvalue weighted by Gasteiger charge is 2.38. The van der Waals surface area contributed by atoms with E-state index >= 15 is 0 Å². The van der Waals surface area contributed by atoms with E-state index in [2.05, 4.69) is 22.0 Å². The lowest BCUT2D eigenvalue weighted by Gasteiger charge is -2.49. The molecular weight excluding hydrogens is 340 g/mol. The molecule has 0 unspecified atom stereocenters. The van der Waals surface area contributed by atoms with Gasteiger partial charge in [0, 0.05) is 50.5 Å². The average molecular weight is 371 g/mol. The van der Waals surface area contributed by atoms with E-state index < -0.39 is 0 Å². The van der Waals surface area contributed by atoms with E-state index in [4.69, 9.17) is 0 Å². The van der Waals surface area contributed by atoms with E-state index in [1.165, 1.54) is 25.8 Å². The summed E-state index contributed by atoms with van der Waals surface area (Å²) in [5, 5.41) is 9.07. The molecule has 2 aromatic heterocycles. The van der Waals surface area contributed by atoms with Crippen molar-refractivity contribution in [1.82, 2.24) is 29.4 Å². The normalized spacial score (nSPS) is 21.5. The van der Waals surface area contributed by atoms with Crippen LogP contribution in [0.3, 0.4) is 0 Å². The van der Waals surface area contributed by atoms with Crippen molar-refractivity contribution >= 4 is 5.91 Å². The zero-order chi connectivity index (χ0) is 19.3. The van der Waals surface area contributed by atoms with Gasteiger partial charge in [-0.15, -0.1) is 0 Å². The third kappa shape index (κ3) is 3.08. The summed E-state index contributed by atoms with van der Waals surface area (Å²) in [5.74, 6) is 0.0800. The molecule has 2 fully saturated rings. The molecule has 2 aliphatic heterocycles. The van der Waals surface area contributed by atoms with E-state index in [1.54, 1.807) is 4.68 Å². The lowest BCUT2D eigenvalue weighted by molar-refractivity contribution is 0.00155. The van der Waals surface area contributed by atoms with Crippen LogP contribution in [0.2, 0.25) is 0 Å². The summed E-state index contributed by atoms with van der Waals surface area (Å²) in [6, 6.07) is 3.07. The molecule has 7 heteroatoms. The number of nitrogens with zero attached hydrogens (tertiary/aromatic N) is 6. The van der Waals surface area contributed by atoms with Crippen LogP contribution in [0.5, 0.6) is 0 Å². The first-order valence-electron chi connectivity index (χ1n) is 9.96. The smallest absolute Gasteiger partial charge is 0.272 e. The van der Waals surface area contributed by atoms with E-state index in [1.807, 2.05) is 43.6 Å². The summed E-state index contributed by atoms with van der Waals surface area (Å²) in [4.78, 5) is 17.5. The highest BCUT2D eigenvalue weighted by molar-refractivity contribution is 5.94. The van der Waals surface area contributed by atoms with Gasteiger partial charge in [0.1, 0.15) is 5.69 Å². The molecular formula is C20H30N6O. The molecule has 1 amide bonds. The van der Waals surface area contributed by atoms with Crippen molar-refractivity contribution in [3.05, 3.63) is 23.1 Å². The van der Waals surface area contributed by atoms with Crippen LogP contribution in [0.4, 0.5) is 0 Å². The fraction of sp³-hybridized carbons (Fsp3) is 0.650. The quantitative estimate of drug-likeness (QED) is 0.831. The molecule has 0 saturated carbocycles. The topological polar surface area (TPSA) is 59.2 Å². The van der Waals surface area contributed by atoms with Crippen LogP contribution in [0.15, 0.2) is 6.07 Å². The van der Waals surface area contributed by atoms with Gasteiger partial charge in [-0.3, -0.25) is 19.1 Å². The summed E-state index contributed by atoms with van der Waals surface area (Å²) >= 11 is 0. The molecule has 4 rings (SSSR count). The molecule has 1 atom stereocenters. The molecule has 7 nitrogen and oxygen atoms in total. The Balaban J connectivity index is 1.48. The van der Waals surface area contributed by atoms with Gasteiger partial charge in [-0.25, -0.2) is 0 Å². The number of amides is 1. The number of piperidine rings is 1. The second-order valence-electron chi connectivity index (χ2n) is 8.15. The zero-order valence-electron chi connectivity index (χ0n) is 17.1. The summed E-state index contributed by atoms with van der Waals surface area (Å²) in [6.45, 7) is 9.16. The number of aryl methyl sites for hydroxylation is 3. The van der Waals surface area contributed by atoms with Crippen molar-refractivity contribution < 1.29 is 4.79 Å². The van der Waals surface area contributed by atoms with Gasteiger partial charge >= 0.3 is 0 Å². The monoisotopic (exact) mass is 370 g/mol. The van der Waals surface area contributed by atoms with Crippen molar-refractivity contribution in [2.24, 2.45) is 14.1 Å². The van der Waals surface area contributed by atoms with Crippen LogP contribution >= 0.6 is 0 Å². The largest absolute Gasteiger partial charge is 0.334 e. The van der Waals surface area contributed by atoms with Gasteiger partial charge in [-0.05, 0) is 46.2 Å². The fourth-order valence-corrected chi connectivity index (χ4v) is 4.59. The number of hydrogen-bond acceptors (Lipinski definition) is 4. The predicted molar refractivity (Wildman–Crippen MR) is 105 cm³/mol. The minimum Gasteiger partial charge on any atom is -0.334 e. The maximum absolute atomic E-state index is 13.0. The zero-order valence-corrected chi connectivity index (χ0v) is 17.1. The second-order valence-corrected chi connectivity index (χ2v) is 8.15. The van der Waals surface area contributed by atoms with Gasteiger partial charge in [-0.2, -0.15) is 10.2 Å². The molecule has 27 heavy (non-hydrogen) atoms. The maximum Gasteiger partial charge on any atom is 0.272 e. The van der Waals surface area contributed by atoms with Crippen LogP contribution < -0.4 is 0 Å². The van der Waals surface area contributed by atoms with Crippen LogP contribution in [0, 0.1) is 13.8 Å². The van der Waals surface area contributed by atoms with Crippen molar-refractivity contribution in [1.29, 1.82) is 0 Å². The van der Waals surface area contributed by atoms with E-state index in [-0.39, 0.29) is 5.91 Å². The molecule has 146 valence electrons. The Bertz CT molecular complexity index is 860. The van der Waals surface area contributed by atoms with Gasteiger partial charge in [0.2, 0.25) is 0 Å². The lowest BCUT2D eigenvalue weighted by Crippen LogP contribution is -2.63. The highest BCUT2D eigenvalue weighted by Crippen LogP contribution is 2.28. The number of rotatable bonds is 3. The average Bonchev–Trinajstić information content (AvgIpc) is 3.07. The molecule has 0 radical (unpaired) electrons. The fourth-order valence-electron chi connectivity index (χ4n) is 4.59. The number of carbonyl (C=O) groups excluding carboxylic acids is 1. The molecule has 0 N–H and O–H groups in total. The van der Waals surface area contributed by atoms with Crippen LogP contribution in [0.25, 0.3) is 11.3 Å². The maximum atomic E-state index is 13.0. The lowest BCUT2D eigenvalue weighted by atomic mass is 9.97. The van der Waals surface area contributed by atoms with Crippen LogP contribution in [-0.2, 0) is 14.1 Å². The minimum absolute atomic E-state index is 0.0800. The Morgan fingerprint density at radius 2 is 1.85 bits per heavy atom. The summed E-state index contributed by atoms with van der Waals surface area (Å²) in [5.41, 5.74) is 4.50. The Kier molecular flexibility index (Phi) is 4.58. The predicted octanol–water partition coefficient (Wildman–Crippen LogP) is 2.14. The number of carbonyl (C=O) groups is 1. The van der Waals surface area contributed by atoms with Crippen molar-refractivity contribution in [2.45, 2.75) is 52.1 Å². The molecule has 0 spiro atoms. The van der Waals surface area contributed by atoms with Crippen molar-refractivity contribution in [2.75, 3.05) is 19.6 Å². The van der Waals surface area contributed by atoms with E-state index in [0.717, 1.165) is 35.7 Å². The first-order valence-corrected chi connectivity index (χ1v) is 9.96. The molecule has 0 aromatic carbocycles. The van der Waals surface area contributed by atoms with Crippen molar-refractivity contribution in [3.63, 3.8) is 0 Å². The van der Waals surface area contributed by atoms with E-state index in [9.17, 15) is 4.79 Å². The second kappa shape index (κ2) is 6.78. The van der Waals surface area contributed by atoms with Crippen molar-refractivity contribution in [3.8, 4) is 11.3 Å². The summed E-state index contributed by atoms with van der Waals surface area (Å²) < 4.78 is 3.57. The summed E-state index contributed by atoms with van der Waals surface area (Å²) in [6.07, 6.45) is 3.89. The standard InChI is InChI=1S/C20H30N6O/c1-13-8-6-7-9-26(13)16-11-25(12-16)20(27)18-10-17(22-24(18)5)19-14(2)21-23(4)15(19)3/h10,13,16H,6-9,11-12H2,1-5H3/t13-/m0/s1. The molecule has 2 aliphatic rings. The Morgan fingerprint density at radius 3 is 2.48 bits per heavy atom. The van der Waals surface area contributed by atoms with Crippen LogP contribution in [-0.4, -0.2) is 67.0 Å². The van der Waals surface area contributed by atoms with Gasteiger partial charge in [0.25, 0.3) is 5.91 Å². The minimum atomic E-state index is 0.0800. The Hall–Kier alpha value is -2.15. The highest BCUT2D eigenvalue weighted by atomic mass is 16.2. The third-order valence-corrected chi connectivity index (χ3v) is 6.34. The Morgan fingerprint density at radius 1 is 1.11 bits per heavy atom. The number of aromatic nitrogens is 4. The van der Waals surface area contributed by atoms with Gasteiger partial charge in [0.15, 0.2) is 0 Å². The SMILES string of the molecule is Cc1nn(C)c(C)c1-c1cc(C(=O)N2CC(N3CCCC[C@@H]3C)C2)n(C)n1. The first kappa shape index (κ1) is 18.2. The van der Waals surface area contributed by atoms with Gasteiger partial charge < -0.3 is 4.90 Å².